The first-order valence-corrected chi connectivity index (χ1v) is 13.1. The molecule has 0 aromatic rings. The molecule has 2 amide bonds. The maximum atomic E-state index is 12.5. The van der Waals surface area contributed by atoms with Gasteiger partial charge in [-0.25, -0.2) is 0 Å². The highest BCUT2D eigenvalue weighted by Crippen LogP contribution is 2.40. The zero-order valence-corrected chi connectivity index (χ0v) is 22.5. The van der Waals surface area contributed by atoms with Crippen LogP contribution in [0.25, 0.3) is 0 Å². The van der Waals surface area contributed by atoms with Gasteiger partial charge in [0.05, 0.1) is 5.70 Å². The van der Waals surface area contributed by atoms with Crippen molar-refractivity contribution in [1.29, 1.82) is 0 Å². The van der Waals surface area contributed by atoms with Crippen LogP contribution in [0.4, 0.5) is 0 Å². The number of aliphatic hydroxyl groups excluding tert-OH is 1. The Bertz CT molecular complexity index is 1220. The Morgan fingerprint density at radius 2 is 1.82 bits per heavy atom. The van der Waals surface area contributed by atoms with Gasteiger partial charge in [0, 0.05) is 25.0 Å². The van der Waals surface area contributed by atoms with Crippen molar-refractivity contribution in [3.8, 4) is 0 Å². The quantitative estimate of drug-likeness (QED) is 0.170. The number of carbonyl (C=O) groups is 4. The summed E-state index contributed by atoms with van der Waals surface area (Å²) in [5.41, 5.74) is -0.764. The Morgan fingerprint density at radius 3 is 2.51 bits per heavy atom. The minimum Gasteiger partial charge on any atom is -0.510 e. The molecule has 3 aliphatic rings. The molecular formula is C30H36N2O7. The van der Waals surface area contributed by atoms with Crippen LogP contribution in [0.5, 0.6) is 0 Å². The third kappa shape index (κ3) is 8.33. The van der Waals surface area contributed by atoms with E-state index >= 15 is 0 Å². The van der Waals surface area contributed by atoms with Gasteiger partial charge in [-0.3, -0.25) is 19.2 Å². The number of rotatable bonds is 12. The summed E-state index contributed by atoms with van der Waals surface area (Å²) in [5.74, 6) is -1.48. The van der Waals surface area contributed by atoms with Crippen molar-refractivity contribution in [1.82, 2.24) is 10.6 Å². The van der Waals surface area contributed by atoms with Crippen LogP contribution in [0.2, 0.25) is 0 Å². The number of epoxide rings is 1. The molecule has 9 nitrogen and oxygen atoms in total. The van der Waals surface area contributed by atoms with E-state index in [1.54, 1.807) is 12.2 Å². The van der Waals surface area contributed by atoms with E-state index in [1.165, 1.54) is 42.5 Å². The Balaban J connectivity index is 1.56. The Kier molecular flexibility index (Phi) is 10.1. The van der Waals surface area contributed by atoms with Gasteiger partial charge in [0.1, 0.15) is 23.2 Å². The molecule has 0 saturated carbocycles. The SMILES string of the molecule is CCCCC(C)/C=C(C)/C=C/C(=O)NC1=C[C@@](O)(/C=C/C=C/C=C/C(=O)NC2=C(O)CCC2=O)[C@@H]2O[C@@H]2C1=O. The second kappa shape index (κ2) is 13.3. The lowest BCUT2D eigenvalue weighted by atomic mass is 9.88. The van der Waals surface area contributed by atoms with Gasteiger partial charge in [0.15, 0.2) is 11.9 Å². The molecule has 2 aliphatic carbocycles. The van der Waals surface area contributed by atoms with Crippen LogP contribution in [0.15, 0.2) is 83.5 Å². The van der Waals surface area contributed by atoms with E-state index in [-0.39, 0.29) is 35.8 Å². The Labute approximate surface area is 228 Å². The van der Waals surface area contributed by atoms with Crippen LogP contribution >= 0.6 is 0 Å². The van der Waals surface area contributed by atoms with Crippen LogP contribution in [0.3, 0.4) is 0 Å². The van der Waals surface area contributed by atoms with Crippen LogP contribution < -0.4 is 10.6 Å². The average molecular weight is 537 g/mol. The topological polar surface area (TPSA) is 145 Å². The zero-order chi connectivity index (χ0) is 28.6. The van der Waals surface area contributed by atoms with E-state index < -0.39 is 35.4 Å². The predicted molar refractivity (Wildman–Crippen MR) is 146 cm³/mol. The van der Waals surface area contributed by atoms with Crippen LogP contribution in [-0.4, -0.2) is 51.4 Å². The number of unbranched alkanes of at least 4 members (excludes halogenated alkanes) is 1. The fourth-order valence-electron chi connectivity index (χ4n) is 4.37. The number of ether oxygens (including phenoxy) is 1. The lowest BCUT2D eigenvalue weighted by Gasteiger charge is -2.23. The highest BCUT2D eigenvalue weighted by Gasteiger charge is 2.59. The van der Waals surface area contributed by atoms with E-state index in [9.17, 15) is 29.4 Å². The summed E-state index contributed by atoms with van der Waals surface area (Å²) in [6, 6.07) is 0. The van der Waals surface area contributed by atoms with Crippen molar-refractivity contribution in [2.24, 2.45) is 5.92 Å². The van der Waals surface area contributed by atoms with E-state index in [4.69, 9.17) is 4.74 Å². The molecule has 1 heterocycles. The van der Waals surface area contributed by atoms with Crippen LogP contribution in [-0.2, 0) is 23.9 Å². The molecule has 0 bridgehead atoms. The molecular weight excluding hydrogens is 500 g/mol. The molecule has 3 rings (SSSR count). The minimum atomic E-state index is -1.60. The van der Waals surface area contributed by atoms with Crippen molar-refractivity contribution < 1.29 is 34.1 Å². The molecule has 0 aromatic heterocycles. The smallest absolute Gasteiger partial charge is 0.248 e. The maximum absolute atomic E-state index is 12.5. The van der Waals surface area contributed by atoms with Crippen molar-refractivity contribution in [2.75, 3.05) is 0 Å². The molecule has 1 saturated heterocycles. The van der Waals surface area contributed by atoms with Crippen molar-refractivity contribution in [3.05, 3.63) is 83.5 Å². The fraction of sp³-hybridized carbons (Fsp3) is 0.400. The lowest BCUT2D eigenvalue weighted by molar-refractivity contribution is -0.121. The number of carbonyl (C=O) groups excluding carboxylic acids is 4. The van der Waals surface area contributed by atoms with Crippen molar-refractivity contribution >= 4 is 23.4 Å². The summed E-state index contributed by atoms with van der Waals surface area (Å²) < 4.78 is 5.36. The van der Waals surface area contributed by atoms with Gasteiger partial charge in [-0.15, -0.1) is 0 Å². The second-order valence-corrected chi connectivity index (χ2v) is 9.98. The summed E-state index contributed by atoms with van der Waals surface area (Å²) in [6.07, 6.45) is 17.2. The summed E-state index contributed by atoms with van der Waals surface area (Å²) in [6.45, 7) is 6.19. The average Bonchev–Trinajstić information content (AvgIpc) is 3.65. The molecule has 39 heavy (non-hydrogen) atoms. The summed E-state index contributed by atoms with van der Waals surface area (Å²) in [7, 11) is 0. The standard InChI is InChI=1S/C30H36N2O7/c1-4-5-10-19(2)17-20(3)12-15-25(36)31-21-18-30(38,29-28(39-29)27(21)37)16-9-7-6-8-11-24(35)32-26-22(33)13-14-23(26)34/h6-9,11-12,15-19,28-29,33,38H,4-5,10,13-14H2,1-3H3,(H,31,36)(H,32,35)/b7-6+,11-8+,15-12+,16-9+,20-17+/t19?,28-,29-,30+/m1/s1. The molecule has 1 fully saturated rings. The van der Waals surface area contributed by atoms with Crippen LogP contribution in [0.1, 0.15) is 52.9 Å². The largest absolute Gasteiger partial charge is 0.510 e. The molecule has 4 atom stereocenters. The third-order valence-electron chi connectivity index (χ3n) is 6.51. The van der Waals surface area contributed by atoms with Crippen LogP contribution in [0, 0.1) is 5.92 Å². The molecule has 1 aliphatic heterocycles. The van der Waals surface area contributed by atoms with Gasteiger partial charge in [-0.1, -0.05) is 68.7 Å². The summed E-state index contributed by atoms with van der Waals surface area (Å²) >= 11 is 0. The molecule has 9 heteroatoms. The highest BCUT2D eigenvalue weighted by atomic mass is 16.6. The molecule has 0 spiro atoms. The number of fused-ring (bicyclic) bond motifs is 1. The summed E-state index contributed by atoms with van der Waals surface area (Å²) in [5, 5.41) is 25.5. The molecule has 0 aromatic carbocycles. The van der Waals surface area contributed by atoms with Gasteiger partial charge in [-0.05, 0) is 31.4 Å². The monoisotopic (exact) mass is 536 g/mol. The first kappa shape index (κ1) is 29.7. The zero-order valence-electron chi connectivity index (χ0n) is 22.5. The van der Waals surface area contributed by atoms with Gasteiger partial charge >= 0.3 is 0 Å². The molecule has 0 radical (unpaired) electrons. The minimum absolute atomic E-state index is 0.0342. The number of ketones is 2. The summed E-state index contributed by atoms with van der Waals surface area (Å²) in [4.78, 5) is 48.5. The number of nitrogens with one attached hydrogen (secondary N) is 2. The number of amides is 2. The van der Waals surface area contributed by atoms with E-state index in [0.29, 0.717) is 5.92 Å². The maximum Gasteiger partial charge on any atom is 0.248 e. The first-order chi connectivity index (χ1) is 18.5. The highest BCUT2D eigenvalue weighted by molar-refractivity contribution is 6.06. The second-order valence-electron chi connectivity index (χ2n) is 9.98. The third-order valence-corrected chi connectivity index (χ3v) is 6.51. The number of aliphatic hydroxyl groups is 2. The van der Waals surface area contributed by atoms with Gasteiger partial charge < -0.3 is 25.6 Å². The molecule has 208 valence electrons. The Morgan fingerprint density at radius 1 is 1.10 bits per heavy atom. The number of allylic oxidation sites excluding steroid dienone is 9. The van der Waals surface area contributed by atoms with Gasteiger partial charge in [0.25, 0.3) is 0 Å². The van der Waals surface area contributed by atoms with E-state index in [2.05, 4.69) is 30.6 Å². The number of hydrogen-bond acceptors (Lipinski definition) is 7. The normalized spacial score (nSPS) is 26.2. The fourth-order valence-corrected chi connectivity index (χ4v) is 4.37. The molecule has 1 unspecified atom stereocenters. The van der Waals surface area contributed by atoms with Gasteiger partial charge in [-0.2, -0.15) is 0 Å². The van der Waals surface area contributed by atoms with E-state index in [0.717, 1.165) is 24.8 Å². The van der Waals surface area contributed by atoms with E-state index in [1.807, 2.05) is 6.92 Å². The first-order valence-electron chi connectivity index (χ1n) is 13.1. The lowest BCUT2D eigenvalue weighted by Crippen LogP contribution is -2.42. The van der Waals surface area contributed by atoms with Crippen molar-refractivity contribution in [2.45, 2.75) is 70.7 Å². The number of hydrogen-bond donors (Lipinski definition) is 4. The molecule has 4 N–H and O–H groups in total. The predicted octanol–water partition coefficient (Wildman–Crippen LogP) is 3.31. The van der Waals surface area contributed by atoms with Gasteiger partial charge in [0.2, 0.25) is 17.6 Å². The van der Waals surface area contributed by atoms with Crippen molar-refractivity contribution in [3.63, 3.8) is 0 Å². The Hall–Kier alpha value is -3.82. The number of Topliss-reactive ketones (excluding diaryl/α,β-unsaturated/α-hetero) is 2.